The molecule has 14 heavy (non-hydrogen) atoms. The van der Waals surface area contributed by atoms with E-state index in [9.17, 15) is 5.11 Å². The largest absolute Gasteiger partial charge is 0.392 e. The van der Waals surface area contributed by atoms with Crippen LogP contribution >= 0.6 is 11.8 Å². The minimum Gasteiger partial charge on any atom is -0.392 e. The standard InChI is InChI=1S/C11H23NOS/c1-4-14-11-6-5-10(7-11)12-8(2)9(3)13/h8-13H,4-7H2,1-3H3. The number of aliphatic hydroxyl groups excluding tert-OH is 1. The second-order valence-corrected chi connectivity index (χ2v) is 5.86. The maximum atomic E-state index is 9.38. The predicted octanol–water partition coefficient (Wildman–Crippen LogP) is 2.02. The summed E-state index contributed by atoms with van der Waals surface area (Å²) in [6.07, 6.45) is 3.64. The Bertz CT molecular complexity index is 163. The van der Waals surface area contributed by atoms with Crippen LogP contribution in [0.3, 0.4) is 0 Å². The lowest BCUT2D eigenvalue weighted by molar-refractivity contribution is 0.146. The second kappa shape index (κ2) is 5.99. The lowest BCUT2D eigenvalue weighted by atomic mass is 10.1. The average molecular weight is 217 g/mol. The van der Waals surface area contributed by atoms with E-state index in [-0.39, 0.29) is 12.1 Å². The van der Waals surface area contributed by atoms with Crippen molar-refractivity contribution in [3.63, 3.8) is 0 Å². The zero-order chi connectivity index (χ0) is 10.6. The van der Waals surface area contributed by atoms with E-state index in [1.54, 1.807) is 0 Å². The Labute approximate surface area is 91.9 Å². The number of hydrogen-bond acceptors (Lipinski definition) is 3. The molecule has 4 atom stereocenters. The molecule has 4 unspecified atom stereocenters. The first kappa shape index (κ1) is 12.3. The van der Waals surface area contributed by atoms with Crippen LogP contribution in [0.15, 0.2) is 0 Å². The Morgan fingerprint density at radius 1 is 1.43 bits per heavy atom. The van der Waals surface area contributed by atoms with Crippen molar-refractivity contribution in [3.05, 3.63) is 0 Å². The molecule has 1 rings (SSSR count). The van der Waals surface area contributed by atoms with E-state index in [1.807, 2.05) is 6.92 Å². The van der Waals surface area contributed by atoms with E-state index < -0.39 is 0 Å². The molecule has 0 aromatic rings. The molecule has 1 aliphatic rings. The summed E-state index contributed by atoms with van der Waals surface area (Å²) >= 11 is 2.08. The highest BCUT2D eigenvalue weighted by atomic mass is 32.2. The van der Waals surface area contributed by atoms with E-state index in [0.29, 0.717) is 6.04 Å². The van der Waals surface area contributed by atoms with Crippen molar-refractivity contribution < 1.29 is 5.11 Å². The summed E-state index contributed by atoms with van der Waals surface area (Å²) in [5.74, 6) is 1.23. The maximum absolute atomic E-state index is 9.38. The van der Waals surface area contributed by atoms with Crippen LogP contribution in [-0.4, -0.2) is 34.3 Å². The summed E-state index contributed by atoms with van der Waals surface area (Å²) in [5.41, 5.74) is 0. The van der Waals surface area contributed by atoms with E-state index in [4.69, 9.17) is 0 Å². The number of hydrogen-bond donors (Lipinski definition) is 2. The fraction of sp³-hybridized carbons (Fsp3) is 1.00. The molecule has 0 aromatic carbocycles. The summed E-state index contributed by atoms with van der Waals surface area (Å²) in [5, 5.41) is 13.7. The molecule has 0 radical (unpaired) electrons. The molecule has 2 N–H and O–H groups in total. The highest BCUT2D eigenvalue weighted by molar-refractivity contribution is 7.99. The van der Waals surface area contributed by atoms with Crippen LogP contribution in [0.5, 0.6) is 0 Å². The molecule has 0 saturated heterocycles. The summed E-state index contributed by atoms with van der Waals surface area (Å²) in [6.45, 7) is 6.14. The van der Waals surface area contributed by atoms with Gasteiger partial charge in [-0.1, -0.05) is 6.92 Å². The monoisotopic (exact) mass is 217 g/mol. The van der Waals surface area contributed by atoms with Crippen molar-refractivity contribution in [1.29, 1.82) is 0 Å². The molecule has 0 aliphatic heterocycles. The molecule has 1 aliphatic carbocycles. The molecule has 0 aromatic heterocycles. The minimum absolute atomic E-state index is 0.227. The van der Waals surface area contributed by atoms with Gasteiger partial charge in [0.2, 0.25) is 0 Å². The van der Waals surface area contributed by atoms with E-state index in [1.165, 1.54) is 25.0 Å². The number of nitrogens with one attached hydrogen (secondary N) is 1. The predicted molar refractivity (Wildman–Crippen MR) is 63.8 cm³/mol. The van der Waals surface area contributed by atoms with Crippen LogP contribution in [0.25, 0.3) is 0 Å². The highest BCUT2D eigenvalue weighted by Crippen LogP contribution is 2.29. The van der Waals surface area contributed by atoms with Gasteiger partial charge < -0.3 is 10.4 Å². The molecule has 1 fully saturated rings. The van der Waals surface area contributed by atoms with Gasteiger partial charge in [-0.25, -0.2) is 0 Å². The van der Waals surface area contributed by atoms with Gasteiger partial charge in [-0.05, 0) is 38.9 Å². The lowest BCUT2D eigenvalue weighted by Crippen LogP contribution is -2.41. The SMILES string of the molecule is CCSC1CCC(NC(C)C(C)O)C1. The lowest BCUT2D eigenvalue weighted by Gasteiger charge is -2.21. The number of thioether (sulfide) groups is 1. The first-order chi connectivity index (χ1) is 6.63. The summed E-state index contributed by atoms with van der Waals surface area (Å²) in [7, 11) is 0. The Balaban J connectivity index is 2.21. The van der Waals surface area contributed by atoms with Gasteiger partial charge >= 0.3 is 0 Å². The first-order valence-corrected chi connectivity index (χ1v) is 6.74. The van der Waals surface area contributed by atoms with Crippen molar-refractivity contribution in [1.82, 2.24) is 5.32 Å². The molecule has 0 heterocycles. The normalized spacial score (nSPS) is 31.7. The van der Waals surface area contributed by atoms with Crippen molar-refractivity contribution in [2.24, 2.45) is 0 Å². The third kappa shape index (κ3) is 3.79. The van der Waals surface area contributed by atoms with Crippen molar-refractivity contribution in [2.75, 3.05) is 5.75 Å². The summed E-state index contributed by atoms with van der Waals surface area (Å²) < 4.78 is 0. The fourth-order valence-corrected chi connectivity index (χ4v) is 3.13. The molecular weight excluding hydrogens is 194 g/mol. The van der Waals surface area contributed by atoms with Crippen molar-refractivity contribution in [3.8, 4) is 0 Å². The van der Waals surface area contributed by atoms with Crippen LogP contribution in [0.1, 0.15) is 40.0 Å². The first-order valence-electron chi connectivity index (χ1n) is 5.69. The molecule has 2 nitrogen and oxygen atoms in total. The Hall–Kier alpha value is 0.270. The summed E-state index contributed by atoms with van der Waals surface area (Å²) in [6, 6.07) is 0.856. The van der Waals surface area contributed by atoms with Crippen LogP contribution in [0, 0.1) is 0 Å². The number of aliphatic hydroxyl groups is 1. The molecule has 0 spiro atoms. The quantitative estimate of drug-likeness (QED) is 0.739. The molecule has 0 bridgehead atoms. The topological polar surface area (TPSA) is 32.3 Å². The van der Waals surface area contributed by atoms with Crippen molar-refractivity contribution >= 4 is 11.8 Å². The van der Waals surface area contributed by atoms with Gasteiger partial charge in [0.1, 0.15) is 0 Å². The zero-order valence-electron chi connectivity index (χ0n) is 9.49. The van der Waals surface area contributed by atoms with E-state index in [0.717, 1.165) is 5.25 Å². The molecule has 1 saturated carbocycles. The summed E-state index contributed by atoms with van der Waals surface area (Å²) in [4.78, 5) is 0. The van der Waals surface area contributed by atoms with Gasteiger partial charge in [0.05, 0.1) is 6.10 Å². The van der Waals surface area contributed by atoms with Crippen LogP contribution in [-0.2, 0) is 0 Å². The Morgan fingerprint density at radius 2 is 2.14 bits per heavy atom. The highest BCUT2D eigenvalue weighted by Gasteiger charge is 2.25. The van der Waals surface area contributed by atoms with Crippen LogP contribution in [0.2, 0.25) is 0 Å². The second-order valence-electron chi connectivity index (χ2n) is 4.28. The molecular formula is C11H23NOS. The van der Waals surface area contributed by atoms with Gasteiger partial charge in [-0.15, -0.1) is 0 Å². The maximum Gasteiger partial charge on any atom is 0.0662 e. The molecule has 84 valence electrons. The zero-order valence-corrected chi connectivity index (χ0v) is 10.3. The minimum atomic E-state index is -0.243. The molecule has 0 amide bonds. The van der Waals surface area contributed by atoms with Gasteiger partial charge in [0, 0.05) is 17.3 Å². The van der Waals surface area contributed by atoms with Gasteiger partial charge in [-0.2, -0.15) is 11.8 Å². The van der Waals surface area contributed by atoms with E-state index >= 15 is 0 Å². The third-order valence-electron chi connectivity index (χ3n) is 3.01. The van der Waals surface area contributed by atoms with Crippen LogP contribution < -0.4 is 5.32 Å². The van der Waals surface area contributed by atoms with E-state index in [2.05, 4.69) is 30.9 Å². The fourth-order valence-electron chi connectivity index (χ4n) is 1.99. The Kier molecular flexibility index (Phi) is 5.28. The average Bonchev–Trinajstić information content (AvgIpc) is 2.53. The van der Waals surface area contributed by atoms with Crippen LogP contribution in [0.4, 0.5) is 0 Å². The van der Waals surface area contributed by atoms with Gasteiger partial charge in [0.15, 0.2) is 0 Å². The Morgan fingerprint density at radius 3 is 2.71 bits per heavy atom. The van der Waals surface area contributed by atoms with Gasteiger partial charge in [0.25, 0.3) is 0 Å². The van der Waals surface area contributed by atoms with Gasteiger partial charge in [-0.3, -0.25) is 0 Å². The van der Waals surface area contributed by atoms with Crippen molar-refractivity contribution in [2.45, 2.75) is 63.5 Å². The number of rotatable bonds is 5. The molecule has 3 heteroatoms. The smallest absolute Gasteiger partial charge is 0.0662 e. The third-order valence-corrected chi connectivity index (χ3v) is 4.24.